The van der Waals surface area contributed by atoms with Crippen LogP contribution in [0.1, 0.15) is 201 Å². The fourth-order valence-corrected chi connectivity index (χ4v) is 6.01. The molecule has 324 valence electrons. The molecule has 1 atom stereocenters. The molecule has 0 saturated heterocycles. The summed E-state index contributed by atoms with van der Waals surface area (Å²) >= 11 is 0. The fraction of sp³-hybridized carbons (Fsp3) is 0.667. The lowest BCUT2D eigenvalue weighted by molar-refractivity contribution is -0.167. The first-order chi connectivity index (χ1) is 28.0. The lowest BCUT2D eigenvalue weighted by atomic mass is 10.1. The molecule has 0 aromatic heterocycles. The van der Waals surface area contributed by atoms with Crippen LogP contribution in [0.5, 0.6) is 0 Å². The second-order valence-electron chi connectivity index (χ2n) is 15.0. The van der Waals surface area contributed by atoms with Crippen LogP contribution >= 0.6 is 0 Å². The molecule has 0 heterocycles. The molecule has 0 aromatic rings. The molecule has 0 saturated carbocycles. The van der Waals surface area contributed by atoms with Gasteiger partial charge in [0.05, 0.1) is 0 Å². The van der Waals surface area contributed by atoms with Crippen molar-refractivity contribution >= 4 is 17.9 Å². The maximum atomic E-state index is 12.7. The van der Waals surface area contributed by atoms with E-state index in [1.165, 1.54) is 64.2 Å². The molecule has 0 aliphatic heterocycles. The maximum Gasteiger partial charge on any atom is 0.306 e. The van der Waals surface area contributed by atoms with Gasteiger partial charge in [-0.2, -0.15) is 0 Å². The van der Waals surface area contributed by atoms with Gasteiger partial charge >= 0.3 is 17.9 Å². The fourth-order valence-electron chi connectivity index (χ4n) is 6.01. The van der Waals surface area contributed by atoms with Crippen molar-refractivity contribution in [3.05, 3.63) is 85.1 Å². The van der Waals surface area contributed by atoms with Crippen LogP contribution in [0.4, 0.5) is 0 Å². The molecule has 1 unspecified atom stereocenters. The van der Waals surface area contributed by atoms with E-state index in [-0.39, 0.29) is 31.1 Å². The molecular formula is C51H84O6. The van der Waals surface area contributed by atoms with Crippen molar-refractivity contribution in [3.8, 4) is 0 Å². The Hall–Kier alpha value is -3.41. The van der Waals surface area contributed by atoms with Crippen LogP contribution in [-0.4, -0.2) is 37.2 Å². The highest BCUT2D eigenvalue weighted by molar-refractivity contribution is 5.71. The van der Waals surface area contributed by atoms with Crippen molar-refractivity contribution in [2.45, 2.75) is 207 Å². The van der Waals surface area contributed by atoms with Gasteiger partial charge in [-0.25, -0.2) is 0 Å². The van der Waals surface area contributed by atoms with Crippen LogP contribution in [0.2, 0.25) is 0 Å². The molecule has 0 rings (SSSR count). The summed E-state index contributed by atoms with van der Waals surface area (Å²) in [5.41, 5.74) is 0. The van der Waals surface area contributed by atoms with E-state index in [2.05, 4.69) is 81.5 Å². The van der Waals surface area contributed by atoms with Gasteiger partial charge in [0.2, 0.25) is 0 Å². The average molecular weight is 793 g/mol. The van der Waals surface area contributed by atoms with Gasteiger partial charge in [-0.1, -0.05) is 176 Å². The highest BCUT2D eigenvalue weighted by Gasteiger charge is 2.19. The summed E-state index contributed by atoms with van der Waals surface area (Å²) in [6.45, 7) is 6.29. The first-order valence-electron chi connectivity index (χ1n) is 23.1. The third-order valence-electron chi connectivity index (χ3n) is 9.46. The summed E-state index contributed by atoms with van der Waals surface area (Å²) < 4.78 is 16.6. The largest absolute Gasteiger partial charge is 0.462 e. The van der Waals surface area contributed by atoms with Gasteiger partial charge in [0.25, 0.3) is 0 Å². The Morgan fingerprint density at radius 3 is 1.32 bits per heavy atom. The quantitative estimate of drug-likeness (QED) is 0.0202. The molecular weight excluding hydrogens is 709 g/mol. The van der Waals surface area contributed by atoms with Crippen LogP contribution in [0, 0.1) is 0 Å². The van der Waals surface area contributed by atoms with Gasteiger partial charge in [-0.3, -0.25) is 14.4 Å². The molecule has 0 spiro atoms. The first kappa shape index (κ1) is 53.6. The number of hydrogen-bond donors (Lipinski definition) is 0. The smallest absolute Gasteiger partial charge is 0.306 e. The summed E-state index contributed by atoms with van der Waals surface area (Å²) in [7, 11) is 0. The van der Waals surface area contributed by atoms with Crippen molar-refractivity contribution in [3.63, 3.8) is 0 Å². The van der Waals surface area contributed by atoms with Gasteiger partial charge in [0, 0.05) is 19.3 Å². The molecule has 0 aliphatic rings. The van der Waals surface area contributed by atoms with Crippen LogP contribution in [-0.2, 0) is 28.6 Å². The lowest BCUT2D eigenvalue weighted by Gasteiger charge is -2.18. The number of ether oxygens (including phenoxy) is 3. The van der Waals surface area contributed by atoms with Crippen molar-refractivity contribution in [2.75, 3.05) is 13.2 Å². The Balaban J connectivity index is 4.44. The van der Waals surface area contributed by atoms with Crippen LogP contribution < -0.4 is 0 Å². The van der Waals surface area contributed by atoms with E-state index in [1.807, 2.05) is 24.3 Å². The third-order valence-corrected chi connectivity index (χ3v) is 9.46. The summed E-state index contributed by atoms with van der Waals surface area (Å²) in [5, 5.41) is 0. The van der Waals surface area contributed by atoms with Crippen LogP contribution in [0.3, 0.4) is 0 Å². The Morgan fingerprint density at radius 2 is 0.772 bits per heavy atom. The van der Waals surface area contributed by atoms with Gasteiger partial charge in [0.15, 0.2) is 6.10 Å². The Kier molecular flexibility index (Phi) is 42.6. The zero-order valence-electron chi connectivity index (χ0n) is 36.8. The van der Waals surface area contributed by atoms with Gasteiger partial charge in [-0.05, 0) is 89.9 Å². The summed E-state index contributed by atoms with van der Waals surface area (Å²) in [5.74, 6) is -0.972. The number of hydrogen-bond acceptors (Lipinski definition) is 6. The van der Waals surface area contributed by atoms with Crippen molar-refractivity contribution in [1.29, 1.82) is 0 Å². The molecule has 6 nitrogen and oxygen atoms in total. The minimum Gasteiger partial charge on any atom is -0.462 e. The van der Waals surface area contributed by atoms with E-state index in [0.29, 0.717) is 19.3 Å². The number of allylic oxidation sites excluding steroid dienone is 14. The normalized spacial score (nSPS) is 12.8. The van der Waals surface area contributed by atoms with E-state index in [0.717, 1.165) is 96.3 Å². The van der Waals surface area contributed by atoms with Crippen molar-refractivity contribution in [1.82, 2.24) is 0 Å². The average Bonchev–Trinajstić information content (AvgIpc) is 3.21. The molecule has 57 heavy (non-hydrogen) atoms. The standard InChI is InChI=1S/C51H84O6/c1-4-7-10-13-16-19-21-23-25-27-29-32-35-38-41-44-50(53)56-47-48(46-55-49(52)43-40-37-34-31-18-15-12-9-6-3)57-51(54)45-42-39-36-33-30-28-26-24-22-20-17-14-11-8-5-2/h7,9-10,12-13,16,18-23,25,31,48H,4-6,8,11,14-15,17,24,26-30,32-47H2,1-3H3/b10-7-,12-9-,16-13-,21-19-,22-20-,25-23-,31-18-. The monoisotopic (exact) mass is 793 g/mol. The molecule has 0 radical (unpaired) electrons. The van der Waals surface area contributed by atoms with Crippen molar-refractivity contribution in [2.24, 2.45) is 0 Å². The minimum atomic E-state index is -0.799. The molecule has 0 fully saturated rings. The molecule has 0 amide bonds. The summed E-state index contributed by atoms with van der Waals surface area (Å²) in [6.07, 6.45) is 57.2. The predicted octanol–water partition coefficient (Wildman–Crippen LogP) is 14.9. The highest BCUT2D eigenvalue weighted by atomic mass is 16.6. The minimum absolute atomic E-state index is 0.102. The van der Waals surface area contributed by atoms with E-state index in [4.69, 9.17) is 14.2 Å². The number of esters is 3. The molecule has 0 aliphatic carbocycles. The second kappa shape index (κ2) is 45.3. The second-order valence-corrected chi connectivity index (χ2v) is 15.0. The Bertz CT molecular complexity index is 1140. The van der Waals surface area contributed by atoms with E-state index >= 15 is 0 Å². The van der Waals surface area contributed by atoms with Gasteiger partial charge < -0.3 is 14.2 Å². The topological polar surface area (TPSA) is 78.9 Å². The summed E-state index contributed by atoms with van der Waals surface area (Å²) in [4.78, 5) is 37.7. The molecule has 0 bridgehead atoms. The van der Waals surface area contributed by atoms with Gasteiger partial charge in [0.1, 0.15) is 13.2 Å². The number of rotatable bonds is 40. The van der Waals surface area contributed by atoms with E-state index in [9.17, 15) is 14.4 Å². The number of unbranched alkanes of at least 4 members (excludes halogenated alkanes) is 18. The number of carbonyl (C=O) groups is 3. The van der Waals surface area contributed by atoms with E-state index in [1.54, 1.807) is 0 Å². The zero-order valence-corrected chi connectivity index (χ0v) is 36.8. The molecule has 0 aromatic carbocycles. The third kappa shape index (κ3) is 43.6. The van der Waals surface area contributed by atoms with Crippen molar-refractivity contribution < 1.29 is 28.6 Å². The van der Waals surface area contributed by atoms with Crippen LogP contribution in [0.15, 0.2) is 85.1 Å². The zero-order chi connectivity index (χ0) is 41.5. The van der Waals surface area contributed by atoms with E-state index < -0.39 is 6.10 Å². The summed E-state index contributed by atoms with van der Waals surface area (Å²) in [6, 6.07) is 0. The molecule has 6 heteroatoms. The Morgan fingerprint density at radius 1 is 0.386 bits per heavy atom. The predicted molar refractivity (Wildman–Crippen MR) is 242 cm³/mol. The lowest BCUT2D eigenvalue weighted by Crippen LogP contribution is -2.30. The number of carbonyl (C=O) groups excluding carboxylic acids is 3. The SMILES string of the molecule is CC\C=C/C=C\C=C/C=C\CCCCCCCC(=O)OCC(COC(=O)CCCC/C=C\C/C=C\CC)OC(=O)CCCCCCCCC/C=C\CCCCCC. The molecule has 0 N–H and O–H groups in total. The Labute approximate surface area is 350 Å². The first-order valence-corrected chi connectivity index (χ1v) is 23.1. The van der Waals surface area contributed by atoms with Gasteiger partial charge in [-0.15, -0.1) is 0 Å². The maximum absolute atomic E-state index is 12.7. The highest BCUT2D eigenvalue weighted by Crippen LogP contribution is 2.13. The van der Waals surface area contributed by atoms with Crippen LogP contribution in [0.25, 0.3) is 0 Å².